The van der Waals surface area contributed by atoms with Gasteiger partial charge in [0.2, 0.25) is 15.9 Å². The number of hydrogen-bond acceptors (Lipinski definition) is 4. The molecule has 7 heteroatoms. The Balaban J connectivity index is 1.96. The maximum Gasteiger partial charge on any atom is 0.243 e. The summed E-state index contributed by atoms with van der Waals surface area (Å²) in [6.45, 7) is 6.12. The molecule has 0 saturated heterocycles. The van der Waals surface area contributed by atoms with Gasteiger partial charge in [0, 0.05) is 17.5 Å². The van der Waals surface area contributed by atoms with Gasteiger partial charge < -0.3 is 5.32 Å². The van der Waals surface area contributed by atoms with Gasteiger partial charge in [0.25, 0.3) is 0 Å². The van der Waals surface area contributed by atoms with Crippen molar-refractivity contribution < 1.29 is 13.2 Å². The number of hydrogen-bond donors (Lipinski definition) is 1. The third-order valence-electron chi connectivity index (χ3n) is 5.14. The van der Waals surface area contributed by atoms with Crippen LogP contribution in [0.5, 0.6) is 0 Å². The molecule has 1 N–H and O–H groups in total. The van der Waals surface area contributed by atoms with Gasteiger partial charge in [-0.25, -0.2) is 8.42 Å². The molecule has 2 rings (SSSR count). The van der Waals surface area contributed by atoms with E-state index >= 15 is 0 Å². The van der Waals surface area contributed by atoms with Crippen LogP contribution in [0.15, 0.2) is 18.2 Å². The van der Waals surface area contributed by atoms with E-state index in [1.165, 1.54) is 36.4 Å². The fourth-order valence-electron chi connectivity index (χ4n) is 3.45. The van der Waals surface area contributed by atoms with E-state index in [1.807, 2.05) is 37.7 Å². The molecule has 0 radical (unpaired) electrons. The van der Waals surface area contributed by atoms with Crippen molar-refractivity contribution in [3.8, 4) is 0 Å². The van der Waals surface area contributed by atoms with Crippen LogP contribution in [-0.4, -0.2) is 44.2 Å². The van der Waals surface area contributed by atoms with Crippen molar-refractivity contribution in [3.63, 3.8) is 0 Å². The lowest BCUT2D eigenvalue weighted by atomic mass is 10.0. The number of benzene rings is 1. The molecule has 0 aromatic heterocycles. The van der Waals surface area contributed by atoms with Crippen LogP contribution in [-0.2, 0) is 14.8 Å². The molecule has 1 aromatic rings. The molecule has 27 heavy (non-hydrogen) atoms. The van der Waals surface area contributed by atoms with Crippen LogP contribution >= 0.6 is 11.8 Å². The number of sulfonamides is 1. The van der Waals surface area contributed by atoms with Crippen LogP contribution in [0.1, 0.15) is 50.2 Å². The number of anilines is 1. The topological polar surface area (TPSA) is 66.5 Å². The Kier molecular flexibility index (Phi) is 8.04. The molecule has 1 fully saturated rings. The van der Waals surface area contributed by atoms with Crippen LogP contribution in [0, 0.1) is 13.8 Å². The van der Waals surface area contributed by atoms with Gasteiger partial charge >= 0.3 is 0 Å². The summed E-state index contributed by atoms with van der Waals surface area (Å²) in [7, 11) is -3.57. The molecule has 1 aromatic carbocycles. The Labute approximate surface area is 168 Å². The zero-order chi connectivity index (χ0) is 20.0. The molecule has 1 saturated carbocycles. The Morgan fingerprint density at radius 1 is 1.22 bits per heavy atom. The highest BCUT2D eigenvalue weighted by atomic mass is 32.2. The molecular formula is C20H32N2O3S2. The van der Waals surface area contributed by atoms with Gasteiger partial charge in [0.15, 0.2) is 0 Å². The second-order valence-corrected chi connectivity index (χ2v) is 10.7. The van der Waals surface area contributed by atoms with Gasteiger partial charge in [-0.3, -0.25) is 9.10 Å². The highest BCUT2D eigenvalue weighted by molar-refractivity contribution is 7.99. The smallest absolute Gasteiger partial charge is 0.243 e. The number of rotatable bonds is 8. The number of aryl methyl sites for hydroxylation is 2. The van der Waals surface area contributed by atoms with E-state index in [-0.39, 0.29) is 5.91 Å². The van der Waals surface area contributed by atoms with Gasteiger partial charge in [-0.05, 0) is 56.9 Å². The minimum absolute atomic E-state index is 0.261. The first-order chi connectivity index (χ1) is 12.7. The Morgan fingerprint density at radius 2 is 1.89 bits per heavy atom. The summed E-state index contributed by atoms with van der Waals surface area (Å²) < 4.78 is 25.9. The maximum absolute atomic E-state index is 12.6. The number of amides is 1. The fourth-order valence-corrected chi connectivity index (χ4v) is 5.84. The van der Waals surface area contributed by atoms with Crippen molar-refractivity contribution in [1.82, 2.24) is 5.32 Å². The normalized spacial score (nSPS) is 16.7. The Bertz CT molecular complexity index is 744. The predicted molar refractivity (Wildman–Crippen MR) is 115 cm³/mol. The molecule has 0 heterocycles. The van der Waals surface area contributed by atoms with Crippen LogP contribution < -0.4 is 9.62 Å². The first kappa shape index (κ1) is 22.1. The summed E-state index contributed by atoms with van der Waals surface area (Å²) in [4.78, 5) is 12.6. The van der Waals surface area contributed by atoms with Crippen LogP contribution in [0.2, 0.25) is 0 Å². The molecule has 0 unspecified atom stereocenters. The molecule has 1 aliphatic rings. The molecule has 0 bridgehead atoms. The fraction of sp³-hybridized carbons (Fsp3) is 0.650. The average molecular weight is 413 g/mol. The zero-order valence-corrected chi connectivity index (χ0v) is 18.5. The van der Waals surface area contributed by atoms with E-state index in [9.17, 15) is 13.2 Å². The monoisotopic (exact) mass is 412 g/mol. The van der Waals surface area contributed by atoms with Crippen LogP contribution in [0.3, 0.4) is 0 Å². The standard InChI is InChI=1S/C20H32N2O3S2/c1-15-10-11-18(14-16(15)2)22(27(4,24)25)17(3)20(23)21-12-13-26-19-8-6-5-7-9-19/h10-11,14,17,19H,5-9,12-13H2,1-4H3,(H,21,23)/t17-/m0/s1. The minimum atomic E-state index is -3.57. The highest BCUT2D eigenvalue weighted by Gasteiger charge is 2.29. The van der Waals surface area contributed by atoms with Crippen molar-refractivity contribution >= 4 is 33.4 Å². The highest BCUT2D eigenvalue weighted by Crippen LogP contribution is 2.28. The second-order valence-electron chi connectivity index (χ2n) is 7.43. The Morgan fingerprint density at radius 3 is 2.48 bits per heavy atom. The number of carbonyl (C=O) groups is 1. The lowest BCUT2D eigenvalue weighted by Crippen LogP contribution is -2.48. The molecule has 0 spiro atoms. The van der Waals surface area contributed by atoms with Crippen molar-refractivity contribution in [2.45, 2.75) is 64.2 Å². The first-order valence-corrected chi connectivity index (χ1v) is 12.6. The van der Waals surface area contributed by atoms with Crippen LogP contribution in [0.4, 0.5) is 5.69 Å². The molecule has 5 nitrogen and oxygen atoms in total. The third-order valence-corrected chi connectivity index (χ3v) is 7.76. The Hall–Kier alpha value is -1.21. The van der Waals surface area contributed by atoms with Crippen molar-refractivity contribution in [2.75, 3.05) is 22.9 Å². The molecule has 0 aliphatic heterocycles. The summed E-state index contributed by atoms with van der Waals surface area (Å²) >= 11 is 1.92. The SMILES string of the molecule is Cc1ccc(N([C@@H](C)C(=O)NCCSC2CCCCC2)S(C)(=O)=O)cc1C. The maximum atomic E-state index is 12.6. The molecule has 1 atom stereocenters. The van der Waals surface area contributed by atoms with E-state index in [2.05, 4.69) is 5.32 Å². The molecular weight excluding hydrogens is 380 g/mol. The minimum Gasteiger partial charge on any atom is -0.353 e. The van der Waals surface area contributed by atoms with Gasteiger partial charge in [0.1, 0.15) is 6.04 Å². The van der Waals surface area contributed by atoms with Gasteiger partial charge in [-0.1, -0.05) is 25.3 Å². The van der Waals surface area contributed by atoms with E-state index in [0.29, 0.717) is 17.5 Å². The largest absolute Gasteiger partial charge is 0.353 e. The second kappa shape index (κ2) is 9.82. The van der Waals surface area contributed by atoms with Gasteiger partial charge in [-0.15, -0.1) is 0 Å². The number of carbonyl (C=O) groups excluding carboxylic acids is 1. The summed E-state index contributed by atoms with van der Waals surface area (Å²) in [5, 5.41) is 3.61. The molecule has 152 valence electrons. The van der Waals surface area contributed by atoms with Gasteiger partial charge in [0.05, 0.1) is 11.9 Å². The van der Waals surface area contributed by atoms with Crippen LogP contribution in [0.25, 0.3) is 0 Å². The summed E-state index contributed by atoms with van der Waals surface area (Å²) in [5.74, 6) is 0.606. The van der Waals surface area contributed by atoms with Gasteiger partial charge in [-0.2, -0.15) is 11.8 Å². The average Bonchev–Trinajstić information content (AvgIpc) is 2.61. The lowest BCUT2D eigenvalue weighted by molar-refractivity contribution is -0.121. The van der Waals surface area contributed by atoms with E-state index in [1.54, 1.807) is 13.0 Å². The van der Waals surface area contributed by atoms with Crippen molar-refractivity contribution in [2.24, 2.45) is 0 Å². The van der Waals surface area contributed by atoms with Crippen molar-refractivity contribution in [1.29, 1.82) is 0 Å². The first-order valence-electron chi connectivity index (χ1n) is 9.66. The van der Waals surface area contributed by atoms with E-state index < -0.39 is 16.1 Å². The predicted octanol–water partition coefficient (Wildman–Crippen LogP) is 3.64. The summed E-state index contributed by atoms with van der Waals surface area (Å²) in [6, 6.07) is 4.67. The quantitative estimate of drug-likeness (QED) is 0.662. The number of thioether (sulfide) groups is 1. The number of nitrogens with zero attached hydrogens (tertiary/aromatic N) is 1. The number of nitrogens with one attached hydrogen (secondary N) is 1. The van der Waals surface area contributed by atoms with E-state index in [0.717, 1.165) is 23.1 Å². The zero-order valence-electron chi connectivity index (χ0n) is 16.8. The molecule has 1 aliphatic carbocycles. The lowest BCUT2D eigenvalue weighted by Gasteiger charge is -2.29. The van der Waals surface area contributed by atoms with E-state index in [4.69, 9.17) is 0 Å². The summed E-state index contributed by atoms with van der Waals surface area (Å²) in [5.41, 5.74) is 2.61. The van der Waals surface area contributed by atoms with Crippen molar-refractivity contribution in [3.05, 3.63) is 29.3 Å². The summed E-state index contributed by atoms with van der Waals surface area (Å²) in [6.07, 6.45) is 7.63. The molecule has 1 amide bonds. The third kappa shape index (κ3) is 6.42.